The van der Waals surface area contributed by atoms with Crippen molar-refractivity contribution in [2.45, 2.75) is 6.61 Å². The number of hydrogen-bond acceptors (Lipinski definition) is 2. The molecule has 28 heavy (non-hydrogen) atoms. The smallest absolute Gasteiger partial charge is 0.255 e. The third kappa shape index (κ3) is 4.16. The van der Waals surface area contributed by atoms with Crippen molar-refractivity contribution in [1.82, 2.24) is 0 Å². The average molecular weight is 388 g/mol. The Morgan fingerprint density at radius 2 is 1.54 bits per heavy atom. The number of carbonyl (C=O) groups excluding carboxylic acids is 1. The standard InChI is InChI=1S/C24H18ClNO2/c25-23-8-4-3-7-20(23)16-28-22-13-10-18(11-14-22)24(27)26-21-12-9-17-5-1-2-6-19(17)15-21/h1-15H,16H2,(H,26,27). The lowest BCUT2D eigenvalue weighted by Gasteiger charge is -2.09. The van der Waals surface area contributed by atoms with E-state index in [2.05, 4.69) is 5.32 Å². The van der Waals surface area contributed by atoms with Crippen LogP contribution in [0.25, 0.3) is 10.8 Å². The Kier molecular flexibility index (Phi) is 5.27. The highest BCUT2D eigenvalue weighted by molar-refractivity contribution is 6.31. The van der Waals surface area contributed by atoms with Gasteiger partial charge in [0.2, 0.25) is 0 Å². The van der Waals surface area contributed by atoms with Gasteiger partial charge in [0.05, 0.1) is 0 Å². The van der Waals surface area contributed by atoms with Crippen LogP contribution >= 0.6 is 11.6 Å². The van der Waals surface area contributed by atoms with E-state index in [0.29, 0.717) is 22.9 Å². The molecule has 0 saturated heterocycles. The molecule has 1 N–H and O–H groups in total. The van der Waals surface area contributed by atoms with Gasteiger partial charge in [-0.25, -0.2) is 0 Å². The molecule has 0 atom stereocenters. The molecule has 138 valence electrons. The zero-order valence-electron chi connectivity index (χ0n) is 15.1. The Hall–Kier alpha value is -3.30. The SMILES string of the molecule is O=C(Nc1ccc2ccccc2c1)c1ccc(OCc2ccccc2Cl)cc1. The van der Waals surface area contributed by atoms with Gasteiger partial charge >= 0.3 is 0 Å². The van der Waals surface area contributed by atoms with Gasteiger partial charge in [-0.05, 0) is 53.2 Å². The molecule has 4 rings (SSSR count). The molecule has 3 nitrogen and oxygen atoms in total. The minimum Gasteiger partial charge on any atom is -0.489 e. The normalized spacial score (nSPS) is 10.6. The lowest BCUT2D eigenvalue weighted by atomic mass is 10.1. The third-order valence-electron chi connectivity index (χ3n) is 4.48. The first-order valence-electron chi connectivity index (χ1n) is 8.95. The Morgan fingerprint density at radius 3 is 2.32 bits per heavy atom. The number of rotatable bonds is 5. The number of benzene rings is 4. The van der Waals surface area contributed by atoms with Gasteiger partial charge in [-0.15, -0.1) is 0 Å². The van der Waals surface area contributed by atoms with Gasteiger partial charge in [-0.1, -0.05) is 60.1 Å². The summed E-state index contributed by atoms with van der Waals surface area (Å²) in [4.78, 5) is 12.5. The van der Waals surface area contributed by atoms with Gasteiger partial charge in [0, 0.05) is 21.8 Å². The van der Waals surface area contributed by atoms with Gasteiger partial charge < -0.3 is 10.1 Å². The number of anilines is 1. The van der Waals surface area contributed by atoms with Gasteiger partial charge in [-0.3, -0.25) is 4.79 Å². The lowest BCUT2D eigenvalue weighted by Crippen LogP contribution is -2.11. The molecule has 1 amide bonds. The fraction of sp³-hybridized carbons (Fsp3) is 0.0417. The van der Waals surface area contributed by atoms with Crippen molar-refractivity contribution >= 4 is 34.0 Å². The summed E-state index contributed by atoms with van der Waals surface area (Å²) in [7, 11) is 0. The van der Waals surface area contributed by atoms with Crippen LogP contribution in [0.1, 0.15) is 15.9 Å². The first kappa shape index (κ1) is 18.1. The van der Waals surface area contributed by atoms with Crippen LogP contribution in [0.3, 0.4) is 0 Å². The van der Waals surface area contributed by atoms with Crippen molar-refractivity contribution < 1.29 is 9.53 Å². The van der Waals surface area contributed by atoms with Crippen molar-refractivity contribution in [3.8, 4) is 5.75 Å². The fourth-order valence-electron chi connectivity index (χ4n) is 2.95. The molecule has 0 radical (unpaired) electrons. The summed E-state index contributed by atoms with van der Waals surface area (Å²) in [5, 5.41) is 5.84. The van der Waals surface area contributed by atoms with Crippen molar-refractivity contribution in [1.29, 1.82) is 0 Å². The molecular formula is C24H18ClNO2. The van der Waals surface area contributed by atoms with Gasteiger partial charge in [0.15, 0.2) is 0 Å². The summed E-state index contributed by atoms with van der Waals surface area (Å²) in [5.74, 6) is 0.523. The molecule has 0 saturated carbocycles. The van der Waals surface area contributed by atoms with Crippen LogP contribution in [0.5, 0.6) is 5.75 Å². The molecule has 4 heteroatoms. The number of halogens is 1. The van der Waals surface area contributed by atoms with E-state index in [0.717, 1.165) is 22.0 Å². The van der Waals surface area contributed by atoms with Gasteiger partial charge in [-0.2, -0.15) is 0 Å². The monoisotopic (exact) mass is 387 g/mol. The maximum absolute atomic E-state index is 12.5. The first-order valence-corrected chi connectivity index (χ1v) is 9.33. The highest BCUT2D eigenvalue weighted by atomic mass is 35.5. The molecule has 0 aliphatic rings. The lowest BCUT2D eigenvalue weighted by molar-refractivity contribution is 0.102. The Bertz CT molecular complexity index is 1120. The molecule has 0 spiro atoms. The fourth-order valence-corrected chi connectivity index (χ4v) is 3.14. The van der Waals surface area contributed by atoms with Crippen molar-refractivity contribution in [3.05, 3.63) is 107 Å². The molecule has 0 fully saturated rings. The van der Waals surface area contributed by atoms with E-state index in [1.165, 1.54) is 0 Å². The summed E-state index contributed by atoms with van der Waals surface area (Å²) >= 11 is 6.14. The number of nitrogens with one attached hydrogen (secondary N) is 1. The van der Waals surface area contributed by atoms with E-state index in [4.69, 9.17) is 16.3 Å². The molecule has 0 bridgehead atoms. The second-order valence-electron chi connectivity index (χ2n) is 6.42. The van der Waals surface area contributed by atoms with Crippen LogP contribution in [-0.2, 0) is 6.61 Å². The maximum Gasteiger partial charge on any atom is 0.255 e. The number of ether oxygens (including phenoxy) is 1. The van der Waals surface area contributed by atoms with Crippen LogP contribution in [-0.4, -0.2) is 5.91 Å². The predicted molar refractivity (Wildman–Crippen MR) is 114 cm³/mol. The van der Waals surface area contributed by atoms with E-state index in [9.17, 15) is 4.79 Å². The van der Waals surface area contributed by atoms with Crippen LogP contribution in [0, 0.1) is 0 Å². The highest BCUT2D eigenvalue weighted by Crippen LogP contribution is 2.21. The van der Waals surface area contributed by atoms with Crippen LogP contribution in [0.15, 0.2) is 91.0 Å². The Labute approximate surface area is 168 Å². The second kappa shape index (κ2) is 8.15. The molecule has 4 aromatic rings. The maximum atomic E-state index is 12.5. The molecule has 0 aliphatic carbocycles. The van der Waals surface area contributed by atoms with Gasteiger partial charge in [0.1, 0.15) is 12.4 Å². The van der Waals surface area contributed by atoms with Crippen LogP contribution in [0.2, 0.25) is 5.02 Å². The van der Waals surface area contributed by atoms with Crippen molar-refractivity contribution in [2.24, 2.45) is 0 Å². The minimum atomic E-state index is -0.159. The molecule has 4 aromatic carbocycles. The summed E-state index contributed by atoms with van der Waals surface area (Å²) in [6.07, 6.45) is 0. The van der Waals surface area contributed by atoms with E-state index in [1.807, 2.05) is 66.7 Å². The molecule has 0 unspecified atom stereocenters. The summed E-state index contributed by atoms with van der Waals surface area (Å²) in [6.45, 7) is 0.377. The quantitative estimate of drug-likeness (QED) is 0.435. The van der Waals surface area contributed by atoms with Crippen molar-refractivity contribution in [2.75, 3.05) is 5.32 Å². The summed E-state index contributed by atoms with van der Waals surface area (Å²) in [5.41, 5.74) is 2.25. The van der Waals surface area contributed by atoms with E-state index < -0.39 is 0 Å². The number of hydrogen-bond donors (Lipinski definition) is 1. The topological polar surface area (TPSA) is 38.3 Å². The Balaban J connectivity index is 1.41. The minimum absolute atomic E-state index is 0.159. The van der Waals surface area contributed by atoms with Gasteiger partial charge in [0.25, 0.3) is 5.91 Å². The number of amides is 1. The van der Waals surface area contributed by atoms with E-state index in [1.54, 1.807) is 24.3 Å². The second-order valence-corrected chi connectivity index (χ2v) is 6.83. The molecule has 0 aliphatic heterocycles. The summed E-state index contributed by atoms with van der Waals surface area (Å²) in [6, 6.07) is 28.5. The Morgan fingerprint density at radius 1 is 0.821 bits per heavy atom. The zero-order chi connectivity index (χ0) is 19.3. The number of carbonyl (C=O) groups is 1. The zero-order valence-corrected chi connectivity index (χ0v) is 15.8. The predicted octanol–water partition coefficient (Wildman–Crippen LogP) is 6.32. The first-order chi connectivity index (χ1) is 13.7. The third-order valence-corrected chi connectivity index (χ3v) is 4.84. The van der Waals surface area contributed by atoms with Crippen LogP contribution < -0.4 is 10.1 Å². The summed E-state index contributed by atoms with van der Waals surface area (Å²) < 4.78 is 5.76. The van der Waals surface area contributed by atoms with Crippen LogP contribution in [0.4, 0.5) is 5.69 Å². The molecule has 0 heterocycles. The molecule has 0 aromatic heterocycles. The number of fused-ring (bicyclic) bond motifs is 1. The van der Waals surface area contributed by atoms with E-state index >= 15 is 0 Å². The van der Waals surface area contributed by atoms with Crippen molar-refractivity contribution in [3.63, 3.8) is 0 Å². The largest absolute Gasteiger partial charge is 0.489 e. The highest BCUT2D eigenvalue weighted by Gasteiger charge is 2.07. The van der Waals surface area contributed by atoms with E-state index in [-0.39, 0.29) is 5.91 Å². The average Bonchev–Trinajstić information content (AvgIpc) is 2.73. The molecular weight excluding hydrogens is 370 g/mol.